The van der Waals surface area contributed by atoms with Crippen LogP contribution in [-0.4, -0.2) is 15.1 Å². The fraction of sp³-hybridized carbons (Fsp3) is 0.467. The van der Waals surface area contributed by atoms with Crippen LogP contribution in [0.4, 0.5) is 0 Å². The Hall–Kier alpha value is 0.431. The van der Waals surface area contributed by atoms with Gasteiger partial charge < -0.3 is 30.5 Å². The Labute approximate surface area is 154 Å². The molecule has 0 saturated carbocycles. The Balaban J connectivity index is -0.000000103. The van der Waals surface area contributed by atoms with Gasteiger partial charge in [0.15, 0.2) is 0 Å². The third kappa shape index (κ3) is 18.4. The summed E-state index contributed by atoms with van der Waals surface area (Å²) in [6.07, 6.45) is 6.21. The van der Waals surface area contributed by atoms with E-state index in [9.17, 15) is 0 Å². The minimum absolute atomic E-state index is 0. The minimum atomic E-state index is 0. The molecule has 20 heavy (non-hydrogen) atoms. The molecule has 0 unspecified atom stereocenters. The predicted octanol–water partition coefficient (Wildman–Crippen LogP) is -2.67. The monoisotopic (exact) mass is 365 g/mol. The van der Waals surface area contributed by atoms with Gasteiger partial charge in [-0.25, -0.2) is 6.08 Å². The maximum Gasteiger partial charge on any atom is 3.00 e. The number of rotatable bonds is 0. The molecule has 5 heteroatoms. The average molecular weight is 366 g/mol. The number of allylic oxidation sites excluding steroid dienone is 1. The van der Waals surface area contributed by atoms with Gasteiger partial charge in [0.05, 0.1) is 0 Å². The van der Waals surface area contributed by atoms with Gasteiger partial charge in [-0.05, 0) is 20.8 Å². The van der Waals surface area contributed by atoms with E-state index in [1.54, 1.807) is 0 Å². The summed E-state index contributed by atoms with van der Waals surface area (Å²) >= 11 is 0. The molecule has 2 rings (SSSR count). The SMILES string of the molecule is CC(C)(C)N.C[SiH]C.[C-]1=Cc2ccccc2C1.[Cl-].[Cl-].[Ti+3]. The van der Waals surface area contributed by atoms with E-state index in [1.165, 1.54) is 11.1 Å². The quantitative estimate of drug-likeness (QED) is 0.394. The molecule has 112 valence electrons. The van der Waals surface area contributed by atoms with E-state index in [0.29, 0.717) is 0 Å². The molecular formula is C15H25Cl2NSiTi. The molecule has 1 aromatic carbocycles. The van der Waals surface area contributed by atoms with Crippen LogP contribution in [0.1, 0.15) is 31.9 Å². The molecule has 0 saturated heterocycles. The summed E-state index contributed by atoms with van der Waals surface area (Å²) in [5.74, 6) is 0. The van der Waals surface area contributed by atoms with Crippen LogP contribution in [0.25, 0.3) is 6.08 Å². The standard InChI is InChI=1S/C9H7.C4H11N.C2H7Si.2ClH.Ti/c1-2-5-9-7-3-6-8(9)4-1;1-4(2,3)5;1-3-2;;;/h1-2,4-6H,7H2;5H2,1-3H3;3H,1-2H3;2*1H;/q-1;;;;;+3/p-2. The molecule has 0 atom stereocenters. The van der Waals surface area contributed by atoms with Gasteiger partial charge >= 0.3 is 21.7 Å². The topological polar surface area (TPSA) is 26.0 Å². The maximum absolute atomic E-state index is 5.35. The van der Waals surface area contributed by atoms with Crippen molar-refractivity contribution in [3.8, 4) is 0 Å². The minimum Gasteiger partial charge on any atom is -1.00 e. The zero-order valence-corrected chi connectivity index (χ0v) is 17.2. The van der Waals surface area contributed by atoms with E-state index in [4.69, 9.17) is 5.73 Å². The van der Waals surface area contributed by atoms with Crippen molar-refractivity contribution >= 4 is 15.6 Å². The summed E-state index contributed by atoms with van der Waals surface area (Å²) in [6, 6.07) is 8.39. The Morgan fingerprint density at radius 3 is 1.90 bits per heavy atom. The summed E-state index contributed by atoms with van der Waals surface area (Å²) in [5, 5.41) is 0. The van der Waals surface area contributed by atoms with Gasteiger partial charge in [0, 0.05) is 15.1 Å². The first-order valence-electron chi connectivity index (χ1n) is 6.06. The van der Waals surface area contributed by atoms with E-state index < -0.39 is 0 Å². The van der Waals surface area contributed by atoms with E-state index in [0.717, 1.165) is 15.9 Å². The van der Waals surface area contributed by atoms with Gasteiger partial charge in [-0.15, -0.1) is 18.1 Å². The number of benzene rings is 1. The van der Waals surface area contributed by atoms with Crippen LogP contribution in [0.15, 0.2) is 24.3 Å². The molecule has 0 aliphatic heterocycles. The summed E-state index contributed by atoms with van der Waals surface area (Å²) in [4.78, 5) is 0. The van der Waals surface area contributed by atoms with Gasteiger partial charge in [0.1, 0.15) is 0 Å². The molecule has 1 aromatic rings. The second kappa shape index (κ2) is 15.8. The van der Waals surface area contributed by atoms with Crippen LogP contribution in [0, 0.1) is 6.08 Å². The Morgan fingerprint density at radius 2 is 1.50 bits per heavy atom. The predicted molar refractivity (Wildman–Crippen MR) is 80.7 cm³/mol. The third-order valence-electron chi connectivity index (χ3n) is 1.61. The van der Waals surface area contributed by atoms with Crippen LogP contribution in [0.3, 0.4) is 0 Å². The smallest absolute Gasteiger partial charge is 1.00 e. The molecule has 1 aliphatic carbocycles. The number of fused-ring (bicyclic) bond motifs is 1. The largest absolute Gasteiger partial charge is 3.00 e. The fourth-order valence-corrected chi connectivity index (χ4v) is 1.11. The molecule has 2 N–H and O–H groups in total. The fourth-order valence-electron chi connectivity index (χ4n) is 1.11. The van der Waals surface area contributed by atoms with Crippen molar-refractivity contribution in [2.75, 3.05) is 0 Å². The van der Waals surface area contributed by atoms with Crippen molar-refractivity contribution < 1.29 is 46.5 Å². The van der Waals surface area contributed by atoms with Gasteiger partial charge in [0.2, 0.25) is 0 Å². The van der Waals surface area contributed by atoms with Crippen molar-refractivity contribution in [2.24, 2.45) is 5.73 Å². The average Bonchev–Trinajstić information content (AvgIpc) is 2.63. The first kappa shape index (κ1) is 28.6. The summed E-state index contributed by atoms with van der Waals surface area (Å²) in [5.41, 5.74) is 8.09. The van der Waals surface area contributed by atoms with Gasteiger partial charge in [-0.1, -0.05) is 31.3 Å². The first-order chi connectivity index (χ1) is 7.88. The van der Waals surface area contributed by atoms with Crippen LogP contribution in [-0.2, 0) is 28.1 Å². The van der Waals surface area contributed by atoms with E-state index in [2.05, 4.69) is 49.5 Å². The number of nitrogens with two attached hydrogens (primary N) is 1. The van der Waals surface area contributed by atoms with Crippen molar-refractivity contribution in [1.82, 2.24) is 0 Å². The van der Waals surface area contributed by atoms with E-state index >= 15 is 0 Å². The number of hydrogen-bond donors (Lipinski definition) is 1. The van der Waals surface area contributed by atoms with Crippen molar-refractivity contribution in [3.63, 3.8) is 0 Å². The second-order valence-electron chi connectivity index (χ2n) is 5.17. The number of hydrogen-bond acceptors (Lipinski definition) is 1. The van der Waals surface area contributed by atoms with Gasteiger partial charge in [-0.3, -0.25) is 6.08 Å². The second-order valence-corrected chi connectivity index (χ2v) is 6.32. The molecule has 2 radical (unpaired) electrons. The van der Waals surface area contributed by atoms with Gasteiger partial charge in [0.25, 0.3) is 0 Å². The van der Waals surface area contributed by atoms with Gasteiger partial charge in [-0.2, -0.15) is 5.56 Å². The molecular weight excluding hydrogens is 341 g/mol. The first-order valence-corrected chi connectivity index (χ1v) is 8.36. The summed E-state index contributed by atoms with van der Waals surface area (Å²) < 4.78 is 0. The summed E-state index contributed by atoms with van der Waals surface area (Å²) in [6.45, 7) is 10.3. The molecule has 1 aliphatic rings. The molecule has 0 fully saturated rings. The molecule has 0 bridgehead atoms. The van der Waals surface area contributed by atoms with Crippen molar-refractivity contribution in [3.05, 3.63) is 41.5 Å². The number of halogens is 2. The molecule has 1 nitrogen and oxygen atoms in total. The van der Waals surface area contributed by atoms with Crippen LogP contribution in [0.5, 0.6) is 0 Å². The Kier molecular flexibility index (Phi) is 22.6. The third-order valence-corrected chi connectivity index (χ3v) is 1.61. The van der Waals surface area contributed by atoms with Crippen LogP contribution < -0.4 is 30.5 Å². The molecule has 0 heterocycles. The Bertz CT molecular complexity index is 346. The molecule has 0 aromatic heterocycles. The maximum atomic E-state index is 5.35. The Morgan fingerprint density at radius 1 is 1.10 bits per heavy atom. The van der Waals surface area contributed by atoms with Crippen molar-refractivity contribution in [1.29, 1.82) is 0 Å². The van der Waals surface area contributed by atoms with Crippen molar-refractivity contribution in [2.45, 2.75) is 45.8 Å². The summed E-state index contributed by atoms with van der Waals surface area (Å²) in [7, 11) is 0.750. The van der Waals surface area contributed by atoms with Crippen LogP contribution >= 0.6 is 0 Å². The zero-order chi connectivity index (χ0) is 13.3. The van der Waals surface area contributed by atoms with Crippen LogP contribution in [0.2, 0.25) is 13.1 Å². The normalized spacial score (nSPS) is 10.1. The molecule has 0 amide bonds. The zero-order valence-electron chi connectivity index (χ0n) is 13.0. The van der Waals surface area contributed by atoms with E-state index in [1.807, 2.05) is 20.8 Å². The van der Waals surface area contributed by atoms with E-state index in [-0.39, 0.29) is 52.1 Å². The molecule has 0 spiro atoms.